The Morgan fingerprint density at radius 3 is 2.19 bits per heavy atom. The van der Waals surface area contributed by atoms with E-state index in [1.165, 1.54) is 21.3 Å². The molecule has 6 heteroatoms. The number of carbonyl (C=O) groups excluding carboxylic acids is 1. The number of rotatable bonds is 7. The number of amides is 1. The van der Waals surface area contributed by atoms with Crippen LogP contribution in [0.5, 0.6) is 17.2 Å². The number of nitriles is 1. The highest BCUT2D eigenvalue weighted by Crippen LogP contribution is 2.38. The van der Waals surface area contributed by atoms with Gasteiger partial charge in [0.15, 0.2) is 11.5 Å². The molecule has 0 fully saturated rings. The van der Waals surface area contributed by atoms with Gasteiger partial charge in [-0.2, -0.15) is 5.26 Å². The quantitative estimate of drug-likeness (QED) is 0.832. The summed E-state index contributed by atoms with van der Waals surface area (Å²) in [5.41, 5.74) is 0.348. The van der Waals surface area contributed by atoms with Crippen LogP contribution in [0.1, 0.15) is 30.1 Å². The molecule has 1 N–H and O–H groups in total. The van der Waals surface area contributed by atoms with E-state index < -0.39 is 6.04 Å². The third kappa shape index (κ3) is 4.02. The van der Waals surface area contributed by atoms with Crippen molar-refractivity contribution in [1.29, 1.82) is 5.26 Å². The highest BCUT2D eigenvalue weighted by Gasteiger charge is 2.18. The fourth-order valence-electron chi connectivity index (χ4n) is 1.91. The average Bonchev–Trinajstić information content (AvgIpc) is 2.52. The number of benzene rings is 1. The Morgan fingerprint density at radius 1 is 1.24 bits per heavy atom. The SMILES string of the molecule is CCCC(C#N)NC(=O)c1cc(OC)c(OC)c(OC)c1. The molecule has 0 heterocycles. The second-order valence-corrected chi connectivity index (χ2v) is 4.36. The zero-order valence-corrected chi connectivity index (χ0v) is 12.7. The third-order valence-electron chi connectivity index (χ3n) is 2.97. The molecule has 0 saturated heterocycles. The summed E-state index contributed by atoms with van der Waals surface area (Å²) in [6.45, 7) is 1.95. The fraction of sp³-hybridized carbons (Fsp3) is 0.467. The maximum Gasteiger partial charge on any atom is 0.252 e. The zero-order chi connectivity index (χ0) is 15.8. The Bertz CT molecular complexity index is 512. The number of nitrogens with one attached hydrogen (secondary N) is 1. The van der Waals surface area contributed by atoms with Crippen LogP contribution in [0, 0.1) is 11.3 Å². The van der Waals surface area contributed by atoms with Crippen molar-refractivity contribution in [1.82, 2.24) is 5.32 Å². The standard InChI is InChI=1S/C15H20N2O4/c1-5-6-11(9-16)17-15(18)10-7-12(19-2)14(21-4)13(8-10)20-3/h7-8,11H,5-6H2,1-4H3,(H,17,18). The molecule has 0 aliphatic carbocycles. The first-order valence-corrected chi connectivity index (χ1v) is 6.61. The lowest BCUT2D eigenvalue weighted by Crippen LogP contribution is -2.33. The number of methoxy groups -OCH3 is 3. The average molecular weight is 292 g/mol. The first-order valence-electron chi connectivity index (χ1n) is 6.61. The molecule has 0 spiro atoms. The lowest BCUT2D eigenvalue weighted by molar-refractivity contribution is 0.0943. The van der Waals surface area contributed by atoms with Crippen LogP contribution >= 0.6 is 0 Å². The van der Waals surface area contributed by atoms with Crippen molar-refractivity contribution in [2.24, 2.45) is 0 Å². The van der Waals surface area contributed by atoms with E-state index in [-0.39, 0.29) is 5.91 Å². The van der Waals surface area contributed by atoms with Crippen LogP contribution in [0.25, 0.3) is 0 Å². The van der Waals surface area contributed by atoms with E-state index in [4.69, 9.17) is 19.5 Å². The van der Waals surface area contributed by atoms with E-state index in [9.17, 15) is 4.79 Å². The van der Waals surface area contributed by atoms with Gasteiger partial charge in [0, 0.05) is 5.56 Å². The fourth-order valence-corrected chi connectivity index (χ4v) is 1.91. The van der Waals surface area contributed by atoms with E-state index in [0.717, 1.165) is 6.42 Å². The predicted octanol–water partition coefficient (Wildman–Crippen LogP) is 2.13. The summed E-state index contributed by atoms with van der Waals surface area (Å²) < 4.78 is 15.6. The largest absolute Gasteiger partial charge is 0.493 e. The molecule has 0 radical (unpaired) electrons. The van der Waals surface area contributed by atoms with E-state index in [0.29, 0.717) is 29.2 Å². The molecule has 1 amide bonds. The smallest absolute Gasteiger partial charge is 0.252 e. The van der Waals surface area contributed by atoms with Gasteiger partial charge in [-0.15, -0.1) is 0 Å². The normalized spacial score (nSPS) is 11.2. The van der Waals surface area contributed by atoms with Gasteiger partial charge in [0.2, 0.25) is 5.75 Å². The molecule has 0 aliphatic heterocycles. The van der Waals surface area contributed by atoms with Gasteiger partial charge in [0.1, 0.15) is 6.04 Å². The van der Waals surface area contributed by atoms with E-state index in [2.05, 4.69) is 11.4 Å². The molecule has 1 unspecified atom stereocenters. The predicted molar refractivity (Wildman–Crippen MR) is 77.9 cm³/mol. The van der Waals surface area contributed by atoms with Crippen molar-refractivity contribution >= 4 is 5.91 Å². The van der Waals surface area contributed by atoms with Gasteiger partial charge in [-0.25, -0.2) is 0 Å². The Balaban J connectivity index is 3.07. The molecule has 1 rings (SSSR count). The highest BCUT2D eigenvalue weighted by molar-refractivity contribution is 5.96. The van der Waals surface area contributed by atoms with Crippen molar-refractivity contribution in [3.8, 4) is 23.3 Å². The maximum absolute atomic E-state index is 12.2. The minimum Gasteiger partial charge on any atom is -0.493 e. The van der Waals surface area contributed by atoms with Crippen molar-refractivity contribution in [3.05, 3.63) is 17.7 Å². The summed E-state index contributed by atoms with van der Waals surface area (Å²) in [4.78, 5) is 12.2. The molecular formula is C15H20N2O4. The Kier molecular flexibility index (Phi) is 6.34. The van der Waals surface area contributed by atoms with Crippen LogP contribution in [0.3, 0.4) is 0 Å². The molecule has 6 nitrogen and oxygen atoms in total. The second kappa shape index (κ2) is 8.00. The van der Waals surface area contributed by atoms with Crippen LogP contribution < -0.4 is 19.5 Å². The van der Waals surface area contributed by atoms with Crippen molar-refractivity contribution in [2.45, 2.75) is 25.8 Å². The monoisotopic (exact) mass is 292 g/mol. The molecular weight excluding hydrogens is 272 g/mol. The van der Waals surface area contributed by atoms with E-state index >= 15 is 0 Å². The van der Waals surface area contributed by atoms with Gasteiger partial charge in [0.05, 0.1) is 27.4 Å². The Hall–Kier alpha value is -2.42. The lowest BCUT2D eigenvalue weighted by atomic mass is 10.1. The van der Waals surface area contributed by atoms with Crippen molar-refractivity contribution in [3.63, 3.8) is 0 Å². The highest BCUT2D eigenvalue weighted by atomic mass is 16.5. The summed E-state index contributed by atoms with van der Waals surface area (Å²) in [5, 5.41) is 11.7. The van der Waals surface area contributed by atoms with Gasteiger partial charge in [-0.1, -0.05) is 13.3 Å². The summed E-state index contributed by atoms with van der Waals surface area (Å²) in [6.07, 6.45) is 1.42. The minimum absolute atomic E-state index is 0.348. The van der Waals surface area contributed by atoms with Crippen LogP contribution in [0.15, 0.2) is 12.1 Å². The lowest BCUT2D eigenvalue weighted by Gasteiger charge is -2.15. The first kappa shape index (κ1) is 16.6. The summed E-state index contributed by atoms with van der Waals surface area (Å²) in [7, 11) is 4.45. The molecule has 1 aromatic carbocycles. The topological polar surface area (TPSA) is 80.6 Å². The van der Waals surface area contributed by atoms with Gasteiger partial charge in [0.25, 0.3) is 5.91 Å². The molecule has 1 atom stereocenters. The number of nitrogens with zero attached hydrogens (tertiary/aromatic N) is 1. The Labute approximate surface area is 124 Å². The number of hydrogen-bond donors (Lipinski definition) is 1. The molecule has 1 aromatic rings. The van der Waals surface area contributed by atoms with Gasteiger partial charge in [-0.05, 0) is 18.6 Å². The molecule has 0 aliphatic rings. The van der Waals surface area contributed by atoms with Crippen LogP contribution in [-0.2, 0) is 0 Å². The number of carbonyl (C=O) groups is 1. The van der Waals surface area contributed by atoms with Crippen molar-refractivity contribution < 1.29 is 19.0 Å². The molecule has 0 saturated carbocycles. The number of ether oxygens (including phenoxy) is 3. The molecule has 0 aromatic heterocycles. The molecule has 114 valence electrons. The van der Waals surface area contributed by atoms with Crippen LogP contribution in [-0.4, -0.2) is 33.3 Å². The first-order chi connectivity index (χ1) is 10.1. The zero-order valence-electron chi connectivity index (χ0n) is 12.7. The Morgan fingerprint density at radius 2 is 1.81 bits per heavy atom. The van der Waals surface area contributed by atoms with Gasteiger partial charge >= 0.3 is 0 Å². The second-order valence-electron chi connectivity index (χ2n) is 4.36. The summed E-state index contributed by atoms with van der Waals surface area (Å²) >= 11 is 0. The molecule has 0 bridgehead atoms. The van der Waals surface area contributed by atoms with Gasteiger partial charge < -0.3 is 19.5 Å². The van der Waals surface area contributed by atoms with Crippen LogP contribution in [0.2, 0.25) is 0 Å². The van der Waals surface area contributed by atoms with Gasteiger partial charge in [-0.3, -0.25) is 4.79 Å². The minimum atomic E-state index is -0.512. The van der Waals surface area contributed by atoms with E-state index in [1.807, 2.05) is 6.92 Å². The van der Waals surface area contributed by atoms with Crippen LogP contribution in [0.4, 0.5) is 0 Å². The summed E-state index contributed by atoms with van der Waals surface area (Å²) in [5.74, 6) is 0.855. The van der Waals surface area contributed by atoms with Crippen molar-refractivity contribution in [2.75, 3.05) is 21.3 Å². The number of hydrogen-bond acceptors (Lipinski definition) is 5. The molecule has 21 heavy (non-hydrogen) atoms. The van der Waals surface area contributed by atoms with E-state index in [1.54, 1.807) is 12.1 Å². The summed E-state index contributed by atoms with van der Waals surface area (Å²) in [6, 6.07) is 4.66. The maximum atomic E-state index is 12.2. The third-order valence-corrected chi connectivity index (χ3v) is 2.97.